The summed E-state index contributed by atoms with van der Waals surface area (Å²) < 4.78 is 1.73. The third-order valence-corrected chi connectivity index (χ3v) is 3.56. The van der Waals surface area contributed by atoms with E-state index in [9.17, 15) is 0 Å². The number of allylic oxidation sites excluding steroid dienone is 1. The zero-order chi connectivity index (χ0) is 15.4. The summed E-state index contributed by atoms with van der Waals surface area (Å²) in [4.78, 5) is 8.54. The van der Waals surface area contributed by atoms with Crippen LogP contribution in [0.5, 0.6) is 0 Å². The topological polar surface area (TPSA) is 55.1 Å². The van der Waals surface area contributed by atoms with Crippen LogP contribution in [0.4, 0.5) is 5.82 Å². The first kappa shape index (κ1) is 14.3. The van der Waals surface area contributed by atoms with Crippen molar-refractivity contribution < 1.29 is 0 Å². The van der Waals surface area contributed by atoms with Crippen LogP contribution in [-0.2, 0) is 0 Å². The van der Waals surface area contributed by atoms with Crippen molar-refractivity contribution in [2.24, 2.45) is 0 Å². The van der Waals surface area contributed by atoms with Crippen molar-refractivity contribution in [2.45, 2.75) is 25.8 Å². The van der Waals surface area contributed by atoms with Gasteiger partial charge in [0.2, 0.25) is 0 Å². The molecule has 0 radical (unpaired) electrons. The van der Waals surface area contributed by atoms with Crippen molar-refractivity contribution in [1.29, 1.82) is 0 Å². The second-order valence-corrected chi connectivity index (χ2v) is 5.23. The van der Waals surface area contributed by atoms with Crippen LogP contribution in [0.15, 0.2) is 55.4 Å². The largest absolute Gasteiger partial charge is 0.363 e. The zero-order valence-corrected chi connectivity index (χ0v) is 12.6. The van der Waals surface area contributed by atoms with E-state index in [4.69, 9.17) is 0 Å². The fourth-order valence-corrected chi connectivity index (χ4v) is 2.50. The summed E-state index contributed by atoms with van der Waals surface area (Å²) in [7, 11) is 0. The van der Waals surface area contributed by atoms with Gasteiger partial charge in [-0.3, -0.25) is 0 Å². The Bertz CT molecular complexity index is 763. The second-order valence-electron chi connectivity index (χ2n) is 5.23. The standard InChI is InChI=1S/C17H19N5/c1-3-4-10-15(14-8-6-5-7-9-14)21-16-11-13(2)20-17-18-12-19-22(16)17/h3,5-9,11-12,15,21H,1,4,10H2,2H3. The molecule has 112 valence electrons. The predicted molar refractivity (Wildman–Crippen MR) is 87.8 cm³/mol. The maximum atomic E-state index is 4.37. The molecule has 0 aliphatic carbocycles. The highest BCUT2D eigenvalue weighted by Crippen LogP contribution is 2.24. The number of aryl methyl sites for hydroxylation is 1. The molecule has 1 aromatic carbocycles. The van der Waals surface area contributed by atoms with Gasteiger partial charge in [0, 0.05) is 11.8 Å². The third-order valence-electron chi connectivity index (χ3n) is 3.56. The molecular formula is C17H19N5. The molecule has 2 heterocycles. The molecule has 3 rings (SSSR count). The summed E-state index contributed by atoms with van der Waals surface area (Å²) >= 11 is 0. The molecule has 5 nitrogen and oxygen atoms in total. The monoisotopic (exact) mass is 293 g/mol. The molecule has 0 spiro atoms. The molecule has 0 aliphatic rings. The Labute approximate surface area is 129 Å². The molecule has 0 saturated heterocycles. The van der Waals surface area contributed by atoms with Gasteiger partial charge in [0.1, 0.15) is 12.1 Å². The number of aromatic nitrogens is 4. The first-order valence-corrected chi connectivity index (χ1v) is 7.37. The van der Waals surface area contributed by atoms with E-state index in [0.29, 0.717) is 5.78 Å². The zero-order valence-electron chi connectivity index (χ0n) is 12.6. The number of benzene rings is 1. The van der Waals surface area contributed by atoms with E-state index in [1.165, 1.54) is 11.9 Å². The van der Waals surface area contributed by atoms with Crippen LogP contribution in [0.2, 0.25) is 0 Å². The lowest BCUT2D eigenvalue weighted by atomic mass is 10.0. The van der Waals surface area contributed by atoms with Gasteiger partial charge in [-0.25, -0.2) is 4.98 Å². The van der Waals surface area contributed by atoms with Gasteiger partial charge >= 0.3 is 0 Å². The maximum absolute atomic E-state index is 4.37. The first-order chi connectivity index (χ1) is 10.8. The van der Waals surface area contributed by atoms with Gasteiger partial charge in [-0.05, 0) is 25.3 Å². The molecule has 0 aliphatic heterocycles. The average Bonchev–Trinajstić information content (AvgIpc) is 3.00. The number of nitrogens with one attached hydrogen (secondary N) is 1. The molecule has 0 fully saturated rings. The molecule has 3 aromatic rings. The lowest BCUT2D eigenvalue weighted by Gasteiger charge is -2.20. The number of fused-ring (bicyclic) bond motifs is 1. The van der Waals surface area contributed by atoms with Crippen molar-refractivity contribution >= 4 is 11.6 Å². The van der Waals surface area contributed by atoms with Crippen LogP contribution in [0.3, 0.4) is 0 Å². The summed E-state index contributed by atoms with van der Waals surface area (Å²) in [5, 5.41) is 7.82. The molecule has 1 N–H and O–H groups in total. The fraction of sp³-hybridized carbons (Fsp3) is 0.235. The maximum Gasteiger partial charge on any atom is 0.254 e. The normalized spacial score (nSPS) is 12.2. The third kappa shape index (κ3) is 2.98. The van der Waals surface area contributed by atoms with E-state index >= 15 is 0 Å². The minimum Gasteiger partial charge on any atom is -0.363 e. The van der Waals surface area contributed by atoms with Gasteiger partial charge in [0.05, 0.1) is 6.04 Å². The smallest absolute Gasteiger partial charge is 0.254 e. The highest BCUT2D eigenvalue weighted by atomic mass is 15.4. The minimum absolute atomic E-state index is 0.188. The molecule has 2 aromatic heterocycles. The number of nitrogens with zero attached hydrogens (tertiary/aromatic N) is 4. The van der Waals surface area contributed by atoms with Crippen molar-refractivity contribution in [3.05, 3.63) is 66.6 Å². The van der Waals surface area contributed by atoms with Gasteiger partial charge in [-0.1, -0.05) is 36.4 Å². The quantitative estimate of drug-likeness (QED) is 0.706. The second kappa shape index (κ2) is 6.39. The van der Waals surface area contributed by atoms with Crippen molar-refractivity contribution in [3.8, 4) is 0 Å². The lowest BCUT2D eigenvalue weighted by Crippen LogP contribution is -2.14. The van der Waals surface area contributed by atoms with E-state index in [0.717, 1.165) is 24.4 Å². The van der Waals surface area contributed by atoms with Gasteiger partial charge in [0.25, 0.3) is 5.78 Å². The number of anilines is 1. The molecule has 1 atom stereocenters. The Hall–Kier alpha value is -2.69. The Balaban J connectivity index is 1.95. The van der Waals surface area contributed by atoms with Crippen molar-refractivity contribution in [3.63, 3.8) is 0 Å². The molecule has 0 amide bonds. The minimum atomic E-state index is 0.188. The summed E-state index contributed by atoms with van der Waals surface area (Å²) in [6, 6.07) is 12.6. The van der Waals surface area contributed by atoms with Gasteiger partial charge < -0.3 is 5.32 Å². The molecule has 5 heteroatoms. The van der Waals surface area contributed by atoms with Crippen LogP contribution in [0.25, 0.3) is 5.78 Å². The van der Waals surface area contributed by atoms with Gasteiger partial charge in [-0.15, -0.1) is 6.58 Å². The summed E-state index contributed by atoms with van der Waals surface area (Å²) in [5.74, 6) is 1.51. The molecular weight excluding hydrogens is 274 g/mol. The molecule has 0 saturated carbocycles. The molecule has 0 bridgehead atoms. The Morgan fingerprint density at radius 3 is 2.91 bits per heavy atom. The van der Waals surface area contributed by atoms with Crippen LogP contribution in [0, 0.1) is 6.92 Å². The van der Waals surface area contributed by atoms with Gasteiger partial charge in [0.15, 0.2) is 0 Å². The van der Waals surface area contributed by atoms with Crippen molar-refractivity contribution in [1.82, 2.24) is 19.6 Å². The van der Waals surface area contributed by atoms with Crippen LogP contribution >= 0.6 is 0 Å². The van der Waals surface area contributed by atoms with Crippen molar-refractivity contribution in [2.75, 3.05) is 5.32 Å². The first-order valence-electron chi connectivity index (χ1n) is 7.37. The number of hydrogen-bond acceptors (Lipinski definition) is 4. The highest BCUT2D eigenvalue weighted by Gasteiger charge is 2.13. The predicted octanol–water partition coefficient (Wildman–Crippen LogP) is 3.55. The van der Waals surface area contributed by atoms with E-state index in [-0.39, 0.29) is 6.04 Å². The summed E-state index contributed by atoms with van der Waals surface area (Å²) in [6.45, 7) is 5.78. The van der Waals surface area contributed by atoms with Crippen LogP contribution in [0.1, 0.15) is 30.1 Å². The SMILES string of the molecule is C=CCCC(Nc1cc(C)nc2ncnn12)c1ccccc1. The average molecular weight is 293 g/mol. The van der Waals surface area contributed by atoms with E-state index in [1.54, 1.807) is 4.52 Å². The van der Waals surface area contributed by atoms with E-state index in [2.05, 4.69) is 51.2 Å². The molecule has 1 unspecified atom stereocenters. The Kier molecular flexibility index (Phi) is 4.14. The lowest BCUT2D eigenvalue weighted by molar-refractivity contribution is 0.695. The van der Waals surface area contributed by atoms with Crippen LogP contribution < -0.4 is 5.32 Å². The van der Waals surface area contributed by atoms with Crippen LogP contribution in [-0.4, -0.2) is 19.6 Å². The Morgan fingerprint density at radius 1 is 1.32 bits per heavy atom. The Morgan fingerprint density at radius 2 is 2.14 bits per heavy atom. The van der Waals surface area contributed by atoms with Gasteiger partial charge in [-0.2, -0.15) is 14.6 Å². The highest BCUT2D eigenvalue weighted by molar-refractivity contribution is 5.46. The van der Waals surface area contributed by atoms with E-state index in [1.807, 2.05) is 25.1 Å². The molecule has 22 heavy (non-hydrogen) atoms. The fourth-order valence-electron chi connectivity index (χ4n) is 2.50. The van der Waals surface area contributed by atoms with E-state index < -0.39 is 0 Å². The summed E-state index contributed by atoms with van der Waals surface area (Å²) in [6.07, 6.45) is 5.37. The summed E-state index contributed by atoms with van der Waals surface area (Å²) in [5.41, 5.74) is 2.16. The number of hydrogen-bond donors (Lipinski definition) is 1. The number of rotatable bonds is 6.